The van der Waals surface area contributed by atoms with Crippen LogP contribution >= 0.6 is 0 Å². The van der Waals surface area contributed by atoms with Gasteiger partial charge in [0.15, 0.2) is 0 Å². The van der Waals surface area contributed by atoms with Gasteiger partial charge in [0.2, 0.25) is 5.91 Å². The van der Waals surface area contributed by atoms with Gasteiger partial charge in [-0.2, -0.15) is 0 Å². The number of nitro groups is 2. The molecule has 0 aromatic heterocycles. The molecule has 0 aliphatic heterocycles. The summed E-state index contributed by atoms with van der Waals surface area (Å²) in [5.41, 5.74) is 3.72. The zero-order chi connectivity index (χ0) is 17.7. The number of non-ortho nitro benzene ring substituents is 2. The van der Waals surface area contributed by atoms with E-state index in [1.54, 1.807) is 0 Å². The van der Waals surface area contributed by atoms with Crippen molar-refractivity contribution in [3.63, 3.8) is 0 Å². The van der Waals surface area contributed by atoms with Crippen LogP contribution in [-0.2, 0) is 4.79 Å². The van der Waals surface area contributed by atoms with Gasteiger partial charge in [0.25, 0.3) is 17.3 Å². The molecule has 0 saturated carbocycles. The van der Waals surface area contributed by atoms with Crippen LogP contribution in [0.2, 0.25) is 0 Å². The number of rotatable bonds is 7. The number of nitrogens with two attached hydrogens (primary N) is 1. The number of nitrogens with one attached hydrogen (secondary N) is 1. The fourth-order valence-corrected chi connectivity index (χ4v) is 1.90. The summed E-state index contributed by atoms with van der Waals surface area (Å²) in [6, 6.07) is 1.57. The number of amides is 2. The minimum absolute atomic E-state index is 0.0623. The van der Waals surface area contributed by atoms with E-state index in [4.69, 9.17) is 5.73 Å². The first-order valence-corrected chi connectivity index (χ1v) is 6.66. The van der Waals surface area contributed by atoms with E-state index in [-0.39, 0.29) is 17.9 Å². The minimum Gasteiger partial charge on any atom is -0.368 e. The van der Waals surface area contributed by atoms with Crippen molar-refractivity contribution in [2.45, 2.75) is 26.3 Å². The Balaban J connectivity index is 3.13. The molecule has 10 nitrogen and oxygen atoms in total. The molecule has 0 unspecified atom stereocenters. The van der Waals surface area contributed by atoms with Crippen LogP contribution in [0, 0.1) is 26.1 Å². The van der Waals surface area contributed by atoms with Crippen LogP contribution in [0.4, 0.5) is 11.4 Å². The lowest BCUT2D eigenvalue weighted by molar-refractivity contribution is -0.394. The SMILES string of the molecule is CC(C)C[C@H](NC(=O)c1cc([N+](=O)[O-])cc([N+](=O)[O-])c1)C(N)=O. The second-order valence-electron chi connectivity index (χ2n) is 5.31. The molecule has 23 heavy (non-hydrogen) atoms. The highest BCUT2D eigenvalue weighted by Crippen LogP contribution is 2.22. The van der Waals surface area contributed by atoms with Crippen molar-refractivity contribution in [1.29, 1.82) is 0 Å². The Hall–Kier alpha value is -3.04. The van der Waals surface area contributed by atoms with Crippen molar-refractivity contribution >= 4 is 23.2 Å². The van der Waals surface area contributed by atoms with Gasteiger partial charge in [0, 0.05) is 12.1 Å². The van der Waals surface area contributed by atoms with Gasteiger partial charge in [0.05, 0.1) is 21.5 Å². The summed E-state index contributed by atoms with van der Waals surface area (Å²) < 4.78 is 0. The molecule has 0 saturated heterocycles. The molecule has 0 aliphatic rings. The van der Waals surface area contributed by atoms with Crippen LogP contribution < -0.4 is 11.1 Å². The Kier molecular flexibility index (Phi) is 5.71. The first-order valence-electron chi connectivity index (χ1n) is 6.66. The first kappa shape index (κ1) is 18.0. The number of nitrogens with zero attached hydrogens (tertiary/aromatic N) is 2. The highest BCUT2D eigenvalue weighted by atomic mass is 16.6. The lowest BCUT2D eigenvalue weighted by Crippen LogP contribution is -2.45. The number of carbonyl (C=O) groups excluding carboxylic acids is 2. The topological polar surface area (TPSA) is 158 Å². The maximum Gasteiger partial charge on any atom is 0.277 e. The van der Waals surface area contributed by atoms with Crippen LogP contribution in [0.1, 0.15) is 30.6 Å². The summed E-state index contributed by atoms with van der Waals surface area (Å²) in [7, 11) is 0. The summed E-state index contributed by atoms with van der Waals surface area (Å²) >= 11 is 0. The van der Waals surface area contributed by atoms with Crippen LogP contribution in [0.5, 0.6) is 0 Å². The van der Waals surface area contributed by atoms with Crippen LogP contribution in [-0.4, -0.2) is 27.7 Å². The number of hydrogen-bond donors (Lipinski definition) is 2. The van der Waals surface area contributed by atoms with Crippen LogP contribution in [0.15, 0.2) is 18.2 Å². The van der Waals surface area contributed by atoms with Gasteiger partial charge in [-0.25, -0.2) is 0 Å². The summed E-state index contributed by atoms with van der Waals surface area (Å²) in [5.74, 6) is -1.54. The van der Waals surface area contributed by atoms with E-state index in [1.807, 2.05) is 13.8 Å². The van der Waals surface area contributed by atoms with Gasteiger partial charge >= 0.3 is 0 Å². The maximum absolute atomic E-state index is 12.1. The van der Waals surface area contributed by atoms with E-state index in [2.05, 4.69) is 5.32 Å². The van der Waals surface area contributed by atoms with Crippen molar-refractivity contribution in [2.24, 2.45) is 11.7 Å². The molecule has 2 amide bonds. The van der Waals surface area contributed by atoms with Crippen molar-refractivity contribution in [1.82, 2.24) is 5.32 Å². The molecule has 124 valence electrons. The van der Waals surface area contributed by atoms with E-state index >= 15 is 0 Å². The zero-order valence-corrected chi connectivity index (χ0v) is 12.5. The van der Waals surface area contributed by atoms with E-state index in [0.29, 0.717) is 0 Å². The van der Waals surface area contributed by atoms with Crippen LogP contribution in [0.25, 0.3) is 0 Å². The second-order valence-corrected chi connectivity index (χ2v) is 5.31. The molecule has 0 radical (unpaired) electrons. The second kappa shape index (κ2) is 7.29. The van der Waals surface area contributed by atoms with Gasteiger partial charge in [-0.15, -0.1) is 0 Å². The van der Waals surface area contributed by atoms with Gasteiger partial charge in [-0.1, -0.05) is 13.8 Å². The number of nitro benzene ring substituents is 2. The quantitative estimate of drug-likeness (QED) is 0.565. The molecule has 0 aliphatic carbocycles. The Morgan fingerprint density at radius 3 is 1.96 bits per heavy atom. The van der Waals surface area contributed by atoms with Gasteiger partial charge < -0.3 is 11.1 Å². The van der Waals surface area contributed by atoms with Crippen molar-refractivity contribution in [3.05, 3.63) is 44.0 Å². The smallest absolute Gasteiger partial charge is 0.277 e. The van der Waals surface area contributed by atoms with Gasteiger partial charge in [0.1, 0.15) is 6.04 Å². The van der Waals surface area contributed by atoms with Crippen molar-refractivity contribution in [3.8, 4) is 0 Å². The Bertz CT molecular complexity index is 626. The molecule has 1 atom stereocenters. The molecule has 0 heterocycles. The molecule has 0 bridgehead atoms. The Morgan fingerprint density at radius 2 is 1.61 bits per heavy atom. The maximum atomic E-state index is 12.1. The number of hydrogen-bond acceptors (Lipinski definition) is 6. The molecule has 1 aromatic carbocycles. The monoisotopic (exact) mass is 324 g/mol. The fourth-order valence-electron chi connectivity index (χ4n) is 1.90. The zero-order valence-electron chi connectivity index (χ0n) is 12.5. The lowest BCUT2D eigenvalue weighted by Gasteiger charge is -2.17. The Morgan fingerprint density at radius 1 is 1.13 bits per heavy atom. The van der Waals surface area contributed by atoms with E-state index < -0.39 is 39.1 Å². The van der Waals surface area contributed by atoms with E-state index in [9.17, 15) is 29.8 Å². The molecular weight excluding hydrogens is 308 g/mol. The molecule has 1 rings (SSSR count). The summed E-state index contributed by atoms with van der Waals surface area (Å²) in [6.07, 6.45) is 0.276. The summed E-state index contributed by atoms with van der Waals surface area (Å²) in [4.78, 5) is 43.4. The molecular formula is C13H16N4O6. The van der Waals surface area contributed by atoms with Crippen LogP contribution in [0.3, 0.4) is 0 Å². The highest BCUT2D eigenvalue weighted by molar-refractivity contribution is 5.98. The largest absolute Gasteiger partial charge is 0.368 e. The van der Waals surface area contributed by atoms with Gasteiger partial charge in [-0.3, -0.25) is 29.8 Å². The average molecular weight is 324 g/mol. The third-order valence-corrected chi connectivity index (χ3v) is 2.94. The number of primary amides is 1. The molecule has 1 aromatic rings. The molecule has 0 fully saturated rings. The third-order valence-electron chi connectivity index (χ3n) is 2.94. The predicted octanol–water partition coefficient (Wildman–Crippen LogP) is 1.13. The lowest BCUT2D eigenvalue weighted by atomic mass is 10.0. The summed E-state index contributed by atoms with van der Waals surface area (Å²) in [5, 5.41) is 23.9. The highest BCUT2D eigenvalue weighted by Gasteiger charge is 2.24. The first-order chi connectivity index (χ1) is 10.6. The number of carbonyl (C=O) groups is 2. The standard InChI is InChI=1S/C13H16N4O6/c1-7(2)3-11(12(14)18)15-13(19)8-4-9(16(20)21)6-10(5-8)17(22)23/h4-7,11H,3H2,1-2H3,(H2,14,18)(H,15,19)/t11-/m0/s1. The Labute approximate surface area is 131 Å². The van der Waals surface area contributed by atoms with Gasteiger partial charge in [-0.05, 0) is 12.3 Å². The minimum atomic E-state index is -0.971. The molecule has 3 N–H and O–H groups in total. The fraction of sp³-hybridized carbons (Fsp3) is 0.385. The van der Waals surface area contributed by atoms with Crippen molar-refractivity contribution < 1.29 is 19.4 Å². The van der Waals surface area contributed by atoms with Crippen molar-refractivity contribution in [2.75, 3.05) is 0 Å². The molecule has 10 heteroatoms. The normalized spacial score (nSPS) is 11.8. The number of benzene rings is 1. The molecule has 0 spiro atoms. The predicted molar refractivity (Wildman–Crippen MR) is 79.7 cm³/mol. The van der Waals surface area contributed by atoms with E-state index in [1.165, 1.54) is 0 Å². The third kappa shape index (κ3) is 5.02. The van der Waals surface area contributed by atoms with E-state index in [0.717, 1.165) is 18.2 Å². The average Bonchev–Trinajstić information content (AvgIpc) is 2.45. The summed E-state index contributed by atoms with van der Waals surface area (Å²) in [6.45, 7) is 3.64.